The second-order valence-electron chi connectivity index (χ2n) is 13.2. The van der Waals surface area contributed by atoms with Crippen LogP contribution < -0.4 is 5.73 Å². The van der Waals surface area contributed by atoms with Crippen LogP contribution in [0.1, 0.15) is 121 Å². The summed E-state index contributed by atoms with van der Waals surface area (Å²) in [5.74, 6) is 1.70. The number of hydrogen-bond donors (Lipinski definition) is 1. The third-order valence-corrected chi connectivity index (χ3v) is 10.00. The number of carbonyl (C=O) groups excluding carboxylic acids is 1. The van der Waals surface area contributed by atoms with E-state index >= 15 is 8.78 Å². The van der Waals surface area contributed by atoms with Crippen molar-refractivity contribution >= 4 is 5.91 Å². The molecule has 3 fully saturated rings. The normalized spacial score (nSPS) is 27.0. The first-order valence-electron chi connectivity index (χ1n) is 14.9. The van der Waals surface area contributed by atoms with Gasteiger partial charge in [0.25, 0.3) is 0 Å². The third kappa shape index (κ3) is 5.25. The molecule has 2 aromatic rings. The number of halogens is 2. The van der Waals surface area contributed by atoms with Crippen LogP contribution >= 0.6 is 0 Å². The fourth-order valence-electron chi connectivity index (χ4n) is 8.28. The summed E-state index contributed by atoms with van der Waals surface area (Å²) in [5.41, 5.74) is 5.25. The summed E-state index contributed by atoms with van der Waals surface area (Å²) in [6, 6.07) is 6.37. The molecule has 3 unspecified atom stereocenters. The molecule has 214 valence electrons. The SMILES string of the molecule is Cc1nnc(C(C)C)n1C1CC2CCC(C1)N2C(F)(F)CC(C)(CC1(C(N)=O)CCCCC1)c1ccccc1. The summed E-state index contributed by atoms with van der Waals surface area (Å²) in [4.78, 5) is 14.4. The van der Waals surface area contributed by atoms with Crippen LogP contribution in [-0.2, 0) is 10.2 Å². The maximum atomic E-state index is 16.6. The Morgan fingerprint density at radius 2 is 1.67 bits per heavy atom. The van der Waals surface area contributed by atoms with Gasteiger partial charge in [0.2, 0.25) is 5.91 Å². The van der Waals surface area contributed by atoms with E-state index in [4.69, 9.17) is 5.73 Å². The van der Waals surface area contributed by atoms with Crippen LogP contribution in [0.2, 0.25) is 0 Å². The van der Waals surface area contributed by atoms with Gasteiger partial charge in [-0.05, 0) is 57.4 Å². The first kappa shape index (κ1) is 28.2. The number of amides is 1. The van der Waals surface area contributed by atoms with Gasteiger partial charge in [-0.25, -0.2) is 4.90 Å². The molecule has 1 saturated carbocycles. The Kier molecular flexibility index (Phi) is 7.64. The summed E-state index contributed by atoms with van der Waals surface area (Å²) in [5, 5.41) is 8.72. The molecular weight excluding hydrogens is 496 g/mol. The van der Waals surface area contributed by atoms with Crippen molar-refractivity contribution in [3.05, 3.63) is 47.5 Å². The molecular formula is C31H45F2N5O. The Morgan fingerprint density at radius 1 is 1.05 bits per heavy atom. The Labute approximate surface area is 231 Å². The van der Waals surface area contributed by atoms with Crippen LogP contribution in [0, 0.1) is 12.3 Å². The molecule has 5 rings (SSSR count). The molecule has 2 N–H and O–H groups in total. The predicted octanol–water partition coefficient (Wildman–Crippen LogP) is 6.64. The summed E-state index contributed by atoms with van der Waals surface area (Å²) >= 11 is 0. The number of aryl methyl sites for hydroxylation is 1. The lowest BCUT2D eigenvalue weighted by molar-refractivity contribution is -0.197. The zero-order chi connectivity index (χ0) is 28.0. The zero-order valence-corrected chi connectivity index (χ0v) is 24.0. The molecule has 2 aliphatic heterocycles. The van der Waals surface area contributed by atoms with Gasteiger partial charge in [-0.1, -0.05) is 70.4 Å². The average Bonchev–Trinajstić information content (AvgIpc) is 3.42. The van der Waals surface area contributed by atoms with Crippen LogP contribution in [0.15, 0.2) is 30.3 Å². The molecule has 2 bridgehead atoms. The van der Waals surface area contributed by atoms with E-state index in [2.05, 4.69) is 28.6 Å². The van der Waals surface area contributed by atoms with E-state index in [1.54, 1.807) is 0 Å². The molecule has 1 aromatic heterocycles. The first-order valence-corrected chi connectivity index (χ1v) is 14.9. The Hall–Kier alpha value is -2.35. The fourth-order valence-corrected chi connectivity index (χ4v) is 8.28. The third-order valence-electron chi connectivity index (χ3n) is 10.00. The number of fused-ring (bicyclic) bond motifs is 2. The molecule has 3 aliphatic rings. The van der Waals surface area contributed by atoms with E-state index < -0.39 is 16.9 Å². The maximum absolute atomic E-state index is 16.6. The average molecular weight is 542 g/mol. The molecule has 1 aromatic carbocycles. The predicted molar refractivity (Wildman–Crippen MR) is 148 cm³/mol. The molecule has 8 heteroatoms. The van der Waals surface area contributed by atoms with Gasteiger partial charge in [0.1, 0.15) is 11.6 Å². The number of rotatable bonds is 9. The Morgan fingerprint density at radius 3 is 2.23 bits per heavy atom. The van der Waals surface area contributed by atoms with Gasteiger partial charge in [-0.3, -0.25) is 4.79 Å². The lowest BCUT2D eigenvalue weighted by atomic mass is 9.61. The highest BCUT2D eigenvalue weighted by Gasteiger charge is 2.56. The van der Waals surface area contributed by atoms with Crippen LogP contribution in [-0.4, -0.2) is 43.7 Å². The van der Waals surface area contributed by atoms with Crippen LogP contribution in [0.3, 0.4) is 0 Å². The molecule has 1 amide bonds. The van der Waals surface area contributed by atoms with E-state index in [0.29, 0.717) is 32.1 Å². The number of benzene rings is 1. The van der Waals surface area contributed by atoms with E-state index in [-0.39, 0.29) is 36.4 Å². The molecule has 3 atom stereocenters. The topological polar surface area (TPSA) is 77.0 Å². The molecule has 6 nitrogen and oxygen atoms in total. The van der Waals surface area contributed by atoms with Crippen molar-refractivity contribution in [1.29, 1.82) is 0 Å². The van der Waals surface area contributed by atoms with Crippen molar-refractivity contribution in [3.8, 4) is 0 Å². The summed E-state index contributed by atoms with van der Waals surface area (Å²) in [6.45, 7) is 8.10. The number of piperidine rings is 1. The van der Waals surface area contributed by atoms with Crippen molar-refractivity contribution in [2.45, 2.75) is 134 Å². The first-order chi connectivity index (χ1) is 18.5. The Bertz CT molecular complexity index is 1140. The van der Waals surface area contributed by atoms with Gasteiger partial charge in [0, 0.05) is 41.3 Å². The highest BCUT2D eigenvalue weighted by atomic mass is 19.3. The van der Waals surface area contributed by atoms with Crippen molar-refractivity contribution < 1.29 is 13.6 Å². The van der Waals surface area contributed by atoms with Crippen molar-refractivity contribution in [1.82, 2.24) is 19.7 Å². The maximum Gasteiger partial charge on any atom is 0.306 e. The number of nitrogens with zero attached hydrogens (tertiary/aromatic N) is 4. The largest absolute Gasteiger partial charge is 0.369 e. The fraction of sp³-hybridized carbons (Fsp3) is 0.710. The standard InChI is InChI=1S/C31H45F2N5O/c1-21(2)27-36-35-22(3)37(27)26-17-24-13-14-25(18-26)38(24)31(32,33)20-29(4,23-11-7-5-8-12-23)19-30(28(34)39)15-9-6-10-16-30/h5,7-8,11-12,21,24-26H,6,9-10,13-20H2,1-4H3,(H2,34,39). The smallest absolute Gasteiger partial charge is 0.306 e. The highest BCUT2D eigenvalue weighted by molar-refractivity contribution is 5.81. The highest BCUT2D eigenvalue weighted by Crippen LogP contribution is 2.53. The van der Waals surface area contributed by atoms with Gasteiger partial charge < -0.3 is 10.3 Å². The minimum absolute atomic E-state index is 0.142. The summed E-state index contributed by atoms with van der Waals surface area (Å²) < 4.78 is 35.5. The van der Waals surface area contributed by atoms with Crippen molar-refractivity contribution in [2.75, 3.05) is 0 Å². The van der Waals surface area contributed by atoms with Gasteiger partial charge in [-0.2, -0.15) is 8.78 Å². The van der Waals surface area contributed by atoms with E-state index in [9.17, 15) is 4.79 Å². The lowest BCUT2D eigenvalue weighted by Gasteiger charge is -2.48. The van der Waals surface area contributed by atoms with Gasteiger partial charge in [0.15, 0.2) is 0 Å². The Balaban J connectivity index is 1.43. The minimum atomic E-state index is -3.00. The minimum Gasteiger partial charge on any atom is -0.369 e. The van der Waals surface area contributed by atoms with Crippen LogP contribution in [0.4, 0.5) is 8.78 Å². The molecule has 39 heavy (non-hydrogen) atoms. The monoisotopic (exact) mass is 541 g/mol. The zero-order valence-electron chi connectivity index (χ0n) is 24.0. The number of hydrogen-bond acceptors (Lipinski definition) is 4. The molecule has 0 spiro atoms. The van der Waals surface area contributed by atoms with Gasteiger partial charge >= 0.3 is 6.05 Å². The van der Waals surface area contributed by atoms with Crippen molar-refractivity contribution in [3.63, 3.8) is 0 Å². The molecule has 2 saturated heterocycles. The lowest BCUT2D eigenvalue weighted by Crippen LogP contribution is -2.56. The van der Waals surface area contributed by atoms with Crippen molar-refractivity contribution in [2.24, 2.45) is 11.1 Å². The van der Waals surface area contributed by atoms with E-state index in [0.717, 1.165) is 49.3 Å². The van der Waals surface area contributed by atoms with Gasteiger partial charge in [-0.15, -0.1) is 10.2 Å². The number of primary amides is 1. The van der Waals surface area contributed by atoms with E-state index in [1.165, 1.54) is 4.90 Å². The number of nitrogens with two attached hydrogens (primary N) is 1. The molecule has 1 aliphatic carbocycles. The quantitative estimate of drug-likeness (QED) is 0.361. The van der Waals surface area contributed by atoms with Gasteiger partial charge in [0.05, 0.1) is 0 Å². The van der Waals surface area contributed by atoms with E-state index in [1.807, 2.05) is 44.2 Å². The molecule has 3 heterocycles. The molecule has 0 radical (unpaired) electrons. The second kappa shape index (κ2) is 10.6. The summed E-state index contributed by atoms with van der Waals surface area (Å²) in [7, 11) is 0. The number of carbonyl (C=O) groups is 1. The number of alkyl halides is 2. The van der Waals surface area contributed by atoms with Crippen LogP contribution in [0.25, 0.3) is 0 Å². The number of aromatic nitrogens is 3. The summed E-state index contributed by atoms with van der Waals surface area (Å²) in [6.07, 6.45) is 7.23. The van der Waals surface area contributed by atoms with Crippen LogP contribution in [0.5, 0.6) is 0 Å². The second-order valence-corrected chi connectivity index (χ2v) is 13.2.